The van der Waals surface area contributed by atoms with Gasteiger partial charge in [-0.2, -0.15) is 5.26 Å². The van der Waals surface area contributed by atoms with Crippen molar-refractivity contribution < 1.29 is 14.1 Å². The first-order valence-electron chi connectivity index (χ1n) is 6.80. The molecular formula is C16H12ClN3O4. The van der Waals surface area contributed by atoms with Crippen LogP contribution >= 0.6 is 11.6 Å². The molecule has 0 bridgehead atoms. The Morgan fingerprint density at radius 3 is 2.79 bits per heavy atom. The molecule has 0 aliphatic carbocycles. The van der Waals surface area contributed by atoms with Gasteiger partial charge in [-0.05, 0) is 31.2 Å². The van der Waals surface area contributed by atoms with Gasteiger partial charge >= 0.3 is 0 Å². The molecule has 2 aromatic rings. The summed E-state index contributed by atoms with van der Waals surface area (Å²) in [6, 6.07) is 9.28. The Kier molecular flexibility index (Phi) is 5.35. The Morgan fingerprint density at radius 2 is 2.21 bits per heavy atom. The minimum atomic E-state index is -0.680. The molecule has 1 aromatic heterocycles. The van der Waals surface area contributed by atoms with E-state index in [0.717, 1.165) is 6.08 Å². The second-order valence-electron chi connectivity index (χ2n) is 4.79. The van der Waals surface area contributed by atoms with E-state index in [-0.39, 0.29) is 28.4 Å². The Bertz CT molecular complexity index is 864. The predicted molar refractivity (Wildman–Crippen MR) is 87.0 cm³/mol. The van der Waals surface area contributed by atoms with Gasteiger partial charge in [0.1, 0.15) is 23.2 Å². The molecule has 0 radical (unpaired) electrons. The standard InChI is InChI=1S/C16H12ClN3O4/c1-10-5-6-12(24-10)9-19-16(21)11(8-18)7-13-14(17)3-2-4-15(13)20(22)23/h2-7H,9H2,1H3,(H,19,21). The van der Waals surface area contributed by atoms with Crippen molar-refractivity contribution >= 4 is 29.3 Å². The minimum absolute atomic E-state index is 0.00436. The first-order chi connectivity index (χ1) is 11.4. The van der Waals surface area contributed by atoms with Crippen molar-refractivity contribution in [3.8, 4) is 6.07 Å². The number of halogens is 1. The average Bonchev–Trinajstić information content (AvgIpc) is 2.96. The van der Waals surface area contributed by atoms with Crippen LogP contribution in [-0.2, 0) is 11.3 Å². The predicted octanol–water partition coefficient (Wildman–Crippen LogP) is 3.37. The monoisotopic (exact) mass is 345 g/mol. The van der Waals surface area contributed by atoms with Crippen LogP contribution in [0.25, 0.3) is 6.08 Å². The highest BCUT2D eigenvalue weighted by Gasteiger charge is 2.18. The fourth-order valence-electron chi connectivity index (χ4n) is 1.96. The SMILES string of the molecule is Cc1ccc(CNC(=O)C(C#N)=Cc2c(Cl)cccc2[N+](=O)[O-])o1. The van der Waals surface area contributed by atoms with E-state index in [0.29, 0.717) is 11.5 Å². The van der Waals surface area contributed by atoms with Crippen LogP contribution in [0.2, 0.25) is 5.02 Å². The number of hydrogen-bond acceptors (Lipinski definition) is 5. The van der Waals surface area contributed by atoms with Crippen molar-refractivity contribution in [2.45, 2.75) is 13.5 Å². The van der Waals surface area contributed by atoms with Gasteiger partial charge in [0.15, 0.2) is 0 Å². The van der Waals surface area contributed by atoms with Crippen LogP contribution in [0.15, 0.2) is 40.3 Å². The van der Waals surface area contributed by atoms with E-state index in [2.05, 4.69) is 5.32 Å². The molecule has 1 amide bonds. The number of carbonyl (C=O) groups excluding carboxylic acids is 1. The zero-order chi connectivity index (χ0) is 17.7. The molecule has 1 heterocycles. The smallest absolute Gasteiger partial charge is 0.278 e. The summed E-state index contributed by atoms with van der Waals surface area (Å²) in [6.07, 6.45) is 1.10. The number of nitro benzene ring substituents is 1. The van der Waals surface area contributed by atoms with Gasteiger partial charge in [-0.15, -0.1) is 0 Å². The van der Waals surface area contributed by atoms with E-state index >= 15 is 0 Å². The summed E-state index contributed by atoms with van der Waals surface area (Å²) >= 11 is 5.95. The van der Waals surface area contributed by atoms with Gasteiger partial charge < -0.3 is 9.73 Å². The Morgan fingerprint density at radius 1 is 1.46 bits per heavy atom. The number of rotatable bonds is 5. The van der Waals surface area contributed by atoms with Crippen LogP contribution in [0.5, 0.6) is 0 Å². The van der Waals surface area contributed by atoms with E-state index < -0.39 is 10.8 Å². The molecule has 2 rings (SSSR count). The normalized spacial score (nSPS) is 11.0. The zero-order valence-corrected chi connectivity index (χ0v) is 13.3. The van der Waals surface area contributed by atoms with E-state index in [4.69, 9.17) is 21.3 Å². The molecule has 0 aliphatic rings. The molecule has 8 heteroatoms. The summed E-state index contributed by atoms with van der Waals surface area (Å²) in [4.78, 5) is 22.5. The van der Waals surface area contributed by atoms with Crippen LogP contribution in [0, 0.1) is 28.4 Å². The third-order valence-electron chi connectivity index (χ3n) is 3.10. The fourth-order valence-corrected chi connectivity index (χ4v) is 2.19. The lowest BCUT2D eigenvalue weighted by Gasteiger charge is -2.04. The molecule has 7 nitrogen and oxygen atoms in total. The molecule has 1 aromatic carbocycles. The van der Waals surface area contributed by atoms with Gasteiger partial charge in [-0.1, -0.05) is 17.7 Å². The summed E-state index contributed by atoms with van der Waals surface area (Å²) in [7, 11) is 0. The molecular weight excluding hydrogens is 334 g/mol. The van der Waals surface area contributed by atoms with Gasteiger partial charge in [-0.25, -0.2) is 0 Å². The first-order valence-corrected chi connectivity index (χ1v) is 7.18. The molecule has 0 saturated heterocycles. The maximum absolute atomic E-state index is 12.1. The number of aryl methyl sites for hydroxylation is 1. The maximum atomic E-state index is 12.1. The van der Waals surface area contributed by atoms with E-state index in [9.17, 15) is 14.9 Å². The average molecular weight is 346 g/mol. The number of amides is 1. The van der Waals surface area contributed by atoms with Crippen molar-refractivity contribution in [3.05, 3.63) is 68.1 Å². The highest BCUT2D eigenvalue weighted by Crippen LogP contribution is 2.28. The van der Waals surface area contributed by atoms with Crippen molar-refractivity contribution in [2.75, 3.05) is 0 Å². The van der Waals surface area contributed by atoms with Crippen LogP contribution in [-0.4, -0.2) is 10.8 Å². The number of benzene rings is 1. The number of nitrogens with zero attached hydrogens (tertiary/aromatic N) is 2. The molecule has 0 aliphatic heterocycles. The van der Waals surface area contributed by atoms with E-state index in [1.54, 1.807) is 25.1 Å². The Balaban J connectivity index is 2.25. The minimum Gasteiger partial charge on any atom is -0.465 e. The number of hydrogen-bond donors (Lipinski definition) is 1. The van der Waals surface area contributed by atoms with Gasteiger partial charge in [0.25, 0.3) is 11.6 Å². The van der Waals surface area contributed by atoms with Gasteiger partial charge in [-0.3, -0.25) is 14.9 Å². The van der Waals surface area contributed by atoms with Crippen LogP contribution in [0.3, 0.4) is 0 Å². The summed E-state index contributed by atoms with van der Waals surface area (Å²) in [5, 5.41) is 22.8. The van der Waals surface area contributed by atoms with Crippen LogP contribution < -0.4 is 5.32 Å². The number of nitro groups is 1. The number of nitrogens with one attached hydrogen (secondary N) is 1. The van der Waals surface area contributed by atoms with Crippen molar-refractivity contribution in [1.29, 1.82) is 5.26 Å². The molecule has 0 saturated carbocycles. The Labute approximate surface area is 142 Å². The van der Waals surface area contributed by atoms with Crippen LogP contribution in [0.1, 0.15) is 17.1 Å². The quantitative estimate of drug-likeness (QED) is 0.386. The molecule has 122 valence electrons. The van der Waals surface area contributed by atoms with Crippen molar-refractivity contribution in [2.24, 2.45) is 0 Å². The highest BCUT2D eigenvalue weighted by molar-refractivity contribution is 6.32. The third-order valence-corrected chi connectivity index (χ3v) is 3.43. The second kappa shape index (κ2) is 7.44. The van der Waals surface area contributed by atoms with E-state index in [1.807, 2.05) is 0 Å². The first kappa shape index (κ1) is 17.2. The van der Waals surface area contributed by atoms with Crippen molar-refractivity contribution in [3.63, 3.8) is 0 Å². The third kappa shape index (κ3) is 4.00. The summed E-state index contributed by atoms with van der Waals surface area (Å²) in [5.74, 6) is 0.546. The largest absolute Gasteiger partial charge is 0.465 e. The second-order valence-corrected chi connectivity index (χ2v) is 5.20. The molecule has 0 spiro atoms. The summed E-state index contributed by atoms with van der Waals surface area (Å²) in [5.41, 5.74) is -0.580. The zero-order valence-electron chi connectivity index (χ0n) is 12.6. The molecule has 24 heavy (non-hydrogen) atoms. The fraction of sp³-hybridized carbons (Fsp3) is 0.125. The maximum Gasteiger partial charge on any atom is 0.278 e. The van der Waals surface area contributed by atoms with E-state index in [1.165, 1.54) is 18.2 Å². The lowest BCUT2D eigenvalue weighted by molar-refractivity contribution is -0.385. The van der Waals surface area contributed by atoms with Gasteiger partial charge in [0, 0.05) is 6.07 Å². The highest BCUT2D eigenvalue weighted by atomic mass is 35.5. The van der Waals surface area contributed by atoms with Gasteiger partial charge in [0.05, 0.1) is 22.1 Å². The lowest BCUT2D eigenvalue weighted by Crippen LogP contribution is -2.23. The van der Waals surface area contributed by atoms with Gasteiger partial charge in [0.2, 0.25) is 0 Å². The number of nitriles is 1. The topological polar surface area (TPSA) is 109 Å². The lowest BCUT2D eigenvalue weighted by atomic mass is 10.1. The van der Waals surface area contributed by atoms with Crippen LogP contribution in [0.4, 0.5) is 5.69 Å². The Hall–Kier alpha value is -3.11. The molecule has 0 atom stereocenters. The number of carbonyl (C=O) groups is 1. The summed E-state index contributed by atoms with van der Waals surface area (Å²) in [6.45, 7) is 1.86. The molecule has 0 fully saturated rings. The van der Waals surface area contributed by atoms with Crippen molar-refractivity contribution in [1.82, 2.24) is 5.32 Å². The number of furan rings is 1. The molecule has 0 unspecified atom stereocenters. The summed E-state index contributed by atoms with van der Waals surface area (Å²) < 4.78 is 5.31. The molecule has 1 N–H and O–H groups in total.